The number of carboxylic acids is 1. The summed E-state index contributed by atoms with van der Waals surface area (Å²) < 4.78 is 5.50. The Morgan fingerprint density at radius 3 is 2.83 bits per heavy atom. The van der Waals surface area contributed by atoms with Gasteiger partial charge in [0.2, 0.25) is 0 Å². The average Bonchev–Trinajstić information content (AvgIpc) is 2.36. The number of methoxy groups -OCH3 is 1. The predicted molar refractivity (Wildman–Crippen MR) is 67.2 cm³/mol. The second-order valence-corrected chi connectivity index (χ2v) is 4.89. The van der Waals surface area contributed by atoms with Gasteiger partial charge in [0.05, 0.1) is 13.7 Å². The topological polar surface area (TPSA) is 66.8 Å². The number of ether oxygens (including phenoxy) is 1. The molecule has 0 saturated heterocycles. The first-order valence-electron chi connectivity index (χ1n) is 5.38. The van der Waals surface area contributed by atoms with Crippen LogP contribution in [0.3, 0.4) is 0 Å². The van der Waals surface area contributed by atoms with E-state index in [-0.39, 0.29) is 13.0 Å². The van der Waals surface area contributed by atoms with Crippen LogP contribution in [0.5, 0.6) is 0 Å². The molecular weight excluding hydrogens is 302 g/mol. The van der Waals surface area contributed by atoms with Gasteiger partial charge in [0.25, 0.3) is 0 Å². The molecule has 1 amide bonds. The number of carbonyl (C=O) groups excluding carboxylic acids is 1. The smallest absolute Gasteiger partial charge is 0.410 e. The second kappa shape index (κ2) is 4.97. The van der Waals surface area contributed by atoms with Crippen molar-refractivity contribution < 1.29 is 19.4 Å². The van der Waals surface area contributed by atoms with Crippen molar-refractivity contribution in [3.63, 3.8) is 0 Å². The lowest BCUT2D eigenvalue weighted by Gasteiger charge is -2.33. The highest BCUT2D eigenvalue weighted by Gasteiger charge is 2.35. The lowest BCUT2D eigenvalue weighted by atomic mass is 9.94. The highest BCUT2D eigenvalue weighted by Crippen LogP contribution is 2.29. The number of aliphatic carboxylic acids is 1. The van der Waals surface area contributed by atoms with Crippen LogP contribution in [0.25, 0.3) is 0 Å². The van der Waals surface area contributed by atoms with Gasteiger partial charge in [0, 0.05) is 10.9 Å². The fourth-order valence-corrected chi connectivity index (χ4v) is 2.68. The summed E-state index contributed by atoms with van der Waals surface area (Å²) in [6.45, 7) is 0.248. The van der Waals surface area contributed by atoms with Crippen LogP contribution in [-0.4, -0.2) is 35.2 Å². The van der Waals surface area contributed by atoms with Gasteiger partial charge in [-0.3, -0.25) is 4.90 Å². The van der Waals surface area contributed by atoms with Crippen LogP contribution in [0.4, 0.5) is 4.79 Å². The van der Waals surface area contributed by atoms with Crippen LogP contribution in [0.15, 0.2) is 22.7 Å². The van der Waals surface area contributed by atoms with Gasteiger partial charge in [0.1, 0.15) is 6.04 Å². The first-order chi connectivity index (χ1) is 8.54. The maximum atomic E-state index is 11.6. The molecule has 1 N–H and O–H groups in total. The molecule has 1 atom stereocenters. The number of carboxylic acid groups (broad SMARTS) is 1. The number of rotatable bonds is 1. The minimum absolute atomic E-state index is 0.248. The number of hydrogen-bond donors (Lipinski definition) is 1. The summed E-state index contributed by atoms with van der Waals surface area (Å²) in [4.78, 5) is 24.1. The van der Waals surface area contributed by atoms with E-state index in [1.54, 1.807) is 0 Å². The number of fused-ring (bicyclic) bond motifs is 1. The molecule has 18 heavy (non-hydrogen) atoms. The lowest BCUT2D eigenvalue weighted by Crippen LogP contribution is -2.48. The third kappa shape index (κ3) is 2.20. The molecule has 0 radical (unpaired) electrons. The fraction of sp³-hybridized carbons (Fsp3) is 0.333. The number of benzene rings is 1. The maximum absolute atomic E-state index is 11.6. The van der Waals surface area contributed by atoms with Crippen LogP contribution in [0.2, 0.25) is 0 Å². The first kappa shape index (κ1) is 12.9. The monoisotopic (exact) mass is 313 g/mol. The van der Waals surface area contributed by atoms with Crippen LogP contribution in [0.1, 0.15) is 11.1 Å². The zero-order chi connectivity index (χ0) is 13.3. The van der Waals surface area contributed by atoms with Crippen LogP contribution in [-0.2, 0) is 22.5 Å². The van der Waals surface area contributed by atoms with Gasteiger partial charge in [0.15, 0.2) is 0 Å². The Bertz CT molecular complexity index is 503. The van der Waals surface area contributed by atoms with E-state index in [1.807, 2.05) is 18.2 Å². The van der Waals surface area contributed by atoms with E-state index in [2.05, 4.69) is 20.7 Å². The third-order valence-electron chi connectivity index (χ3n) is 3.02. The highest BCUT2D eigenvalue weighted by molar-refractivity contribution is 9.10. The van der Waals surface area contributed by atoms with E-state index in [0.717, 1.165) is 15.6 Å². The van der Waals surface area contributed by atoms with Crippen LogP contribution >= 0.6 is 15.9 Å². The molecule has 0 fully saturated rings. The number of carbonyl (C=O) groups is 2. The van der Waals surface area contributed by atoms with Gasteiger partial charge in [-0.1, -0.05) is 28.1 Å². The van der Waals surface area contributed by atoms with Gasteiger partial charge < -0.3 is 9.84 Å². The summed E-state index contributed by atoms with van der Waals surface area (Å²) in [5.74, 6) is -1.03. The molecule has 96 valence electrons. The Balaban J connectivity index is 2.40. The molecule has 1 heterocycles. The Morgan fingerprint density at radius 2 is 2.22 bits per heavy atom. The Kier molecular flexibility index (Phi) is 3.56. The zero-order valence-electron chi connectivity index (χ0n) is 9.72. The summed E-state index contributed by atoms with van der Waals surface area (Å²) in [5, 5.41) is 9.20. The van der Waals surface area contributed by atoms with Crippen molar-refractivity contribution in [2.45, 2.75) is 19.0 Å². The van der Waals surface area contributed by atoms with Gasteiger partial charge in [-0.15, -0.1) is 0 Å². The standard InChI is InChI=1S/C12H12BrNO4/c1-18-12(17)14-6-7-3-2-4-9(13)8(7)5-10(14)11(15)16/h2-4,10H,5-6H2,1H3,(H,15,16)/t10-/m1/s1. The summed E-state index contributed by atoms with van der Waals surface area (Å²) in [6.07, 6.45) is -0.339. The zero-order valence-corrected chi connectivity index (χ0v) is 11.3. The van der Waals surface area contributed by atoms with Crippen molar-refractivity contribution in [3.8, 4) is 0 Å². The van der Waals surface area contributed by atoms with E-state index in [1.165, 1.54) is 12.0 Å². The molecule has 0 unspecified atom stereocenters. The molecule has 0 bridgehead atoms. The molecule has 1 aromatic carbocycles. The van der Waals surface area contributed by atoms with Crippen molar-refractivity contribution >= 4 is 28.0 Å². The molecule has 1 aromatic rings. The van der Waals surface area contributed by atoms with E-state index in [0.29, 0.717) is 0 Å². The minimum Gasteiger partial charge on any atom is -0.480 e. The van der Waals surface area contributed by atoms with E-state index in [4.69, 9.17) is 0 Å². The van der Waals surface area contributed by atoms with Gasteiger partial charge in [-0.05, 0) is 17.2 Å². The van der Waals surface area contributed by atoms with Crippen molar-refractivity contribution in [1.29, 1.82) is 0 Å². The van der Waals surface area contributed by atoms with Crippen LogP contribution < -0.4 is 0 Å². The fourth-order valence-electron chi connectivity index (χ4n) is 2.11. The first-order valence-corrected chi connectivity index (χ1v) is 6.17. The molecule has 6 heteroatoms. The minimum atomic E-state index is -1.03. The number of nitrogens with zero attached hydrogens (tertiary/aromatic N) is 1. The summed E-state index contributed by atoms with van der Waals surface area (Å²) in [5.41, 5.74) is 1.87. The molecule has 0 spiro atoms. The highest BCUT2D eigenvalue weighted by atomic mass is 79.9. The van der Waals surface area contributed by atoms with Crippen molar-refractivity contribution in [2.75, 3.05) is 7.11 Å². The van der Waals surface area contributed by atoms with Gasteiger partial charge in [-0.2, -0.15) is 0 Å². The largest absolute Gasteiger partial charge is 0.480 e. The summed E-state index contributed by atoms with van der Waals surface area (Å²) >= 11 is 3.41. The second-order valence-electron chi connectivity index (χ2n) is 4.03. The Morgan fingerprint density at radius 1 is 1.50 bits per heavy atom. The summed E-state index contributed by atoms with van der Waals surface area (Å²) in [6, 6.07) is 4.72. The molecular formula is C12H12BrNO4. The average molecular weight is 314 g/mol. The number of hydrogen-bond acceptors (Lipinski definition) is 3. The normalized spacial score (nSPS) is 18.1. The molecule has 2 rings (SSSR count). The Hall–Kier alpha value is -1.56. The number of amides is 1. The van der Waals surface area contributed by atoms with E-state index in [9.17, 15) is 14.7 Å². The van der Waals surface area contributed by atoms with Crippen molar-refractivity contribution in [2.24, 2.45) is 0 Å². The van der Waals surface area contributed by atoms with Crippen LogP contribution in [0, 0.1) is 0 Å². The quantitative estimate of drug-likeness (QED) is 0.861. The van der Waals surface area contributed by atoms with Gasteiger partial charge in [-0.25, -0.2) is 9.59 Å². The SMILES string of the molecule is COC(=O)N1Cc2cccc(Br)c2C[C@@H]1C(=O)O. The predicted octanol–water partition coefficient (Wildman–Crippen LogP) is 2.03. The molecule has 0 saturated carbocycles. The Labute approximate surface area is 112 Å². The molecule has 5 nitrogen and oxygen atoms in total. The third-order valence-corrected chi connectivity index (χ3v) is 3.77. The van der Waals surface area contributed by atoms with E-state index >= 15 is 0 Å². The summed E-state index contributed by atoms with van der Waals surface area (Å²) in [7, 11) is 1.25. The maximum Gasteiger partial charge on any atom is 0.410 e. The van der Waals surface area contributed by atoms with Crippen molar-refractivity contribution in [3.05, 3.63) is 33.8 Å². The molecule has 0 aliphatic carbocycles. The number of halogens is 1. The molecule has 0 aromatic heterocycles. The molecule has 1 aliphatic rings. The van der Waals surface area contributed by atoms with Gasteiger partial charge >= 0.3 is 12.1 Å². The van der Waals surface area contributed by atoms with E-state index < -0.39 is 18.1 Å². The molecule has 1 aliphatic heterocycles. The van der Waals surface area contributed by atoms with Crippen molar-refractivity contribution in [1.82, 2.24) is 4.90 Å². The lowest BCUT2D eigenvalue weighted by molar-refractivity contribution is -0.143.